The highest BCUT2D eigenvalue weighted by Crippen LogP contribution is 2.33. The van der Waals surface area contributed by atoms with Crippen LogP contribution in [-0.2, 0) is 0 Å². The van der Waals surface area contributed by atoms with Crippen LogP contribution in [0.2, 0.25) is 0 Å². The highest BCUT2D eigenvalue weighted by atomic mass is 35.5. The van der Waals surface area contributed by atoms with E-state index in [4.69, 9.17) is 11.6 Å². The first-order valence-electron chi connectivity index (χ1n) is 5.89. The maximum atomic E-state index is 6.12. The molecule has 2 atom stereocenters. The molecule has 2 unspecified atom stereocenters. The molecule has 84 valence electrons. The van der Waals surface area contributed by atoms with Gasteiger partial charge in [0.2, 0.25) is 0 Å². The molecule has 1 aliphatic rings. The molecule has 0 bridgehead atoms. The quantitative estimate of drug-likeness (QED) is 0.712. The van der Waals surface area contributed by atoms with Crippen molar-refractivity contribution in [3.63, 3.8) is 0 Å². The minimum atomic E-state index is 0.240. The van der Waals surface area contributed by atoms with E-state index in [1.807, 2.05) is 0 Å². The number of alkyl halides is 1. The Morgan fingerprint density at radius 2 is 2.21 bits per heavy atom. The molecule has 0 spiro atoms. The van der Waals surface area contributed by atoms with E-state index in [1.165, 1.54) is 25.7 Å². The molecule has 0 aromatic rings. The van der Waals surface area contributed by atoms with Gasteiger partial charge in [0, 0.05) is 11.4 Å². The van der Waals surface area contributed by atoms with Crippen LogP contribution in [0.5, 0.6) is 0 Å². The third-order valence-corrected chi connectivity index (χ3v) is 3.74. The molecule has 0 amide bonds. The Morgan fingerprint density at radius 1 is 1.50 bits per heavy atom. The first-order chi connectivity index (χ1) is 6.58. The summed E-state index contributed by atoms with van der Waals surface area (Å²) in [5, 5.41) is 3.68. The van der Waals surface area contributed by atoms with E-state index in [0.717, 1.165) is 18.3 Å². The summed E-state index contributed by atoms with van der Waals surface area (Å²) in [6.45, 7) is 7.94. The third-order valence-electron chi connectivity index (χ3n) is 3.23. The van der Waals surface area contributed by atoms with Crippen LogP contribution >= 0.6 is 11.6 Å². The molecule has 0 saturated heterocycles. The van der Waals surface area contributed by atoms with Crippen molar-refractivity contribution in [3.05, 3.63) is 0 Å². The number of hydrogen-bond donors (Lipinski definition) is 1. The summed E-state index contributed by atoms with van der Waals surface area (Å²) in [6.07, 6.45) is 5.22. The zero-order valence-electron chi connectivity index (χ0n) is 9.78. The van der Waals surface area contributed by atoms with Crippen molar-refractivity contribution in [1.29, 1.82) is 0 Å². The van der Waals surface area contributed by atoms with Crippen LogP contribution in [0.1, 0.15) is 46.5 Å². The number of hydrogen-bond acceptors (Lipinski definition) is 1. The first-order valence-corrected chi connectivity index (χ1v) is 6.42. The fourth-order valence-electron chi connectivity index (χ4n) is 2.41. The topological polar surface area (TPSA) is 12.0 Å². The van der Waals surface area contributed by atoms with E-state index >= 15 is 0 Å². The Morgan fingerprint density at radius 3 is 2.71 bits per heavy atom. The van der Waals surface area contributed by atoms with Gasteiger partial charge in [-0.25, -0.2) is 0 Å². The molecule has 1 rings (SSSR count). The van der Waals surface area contributed by atoms with Crippen LogP contribution in [0.4, 0.5) is 0 Å². The predicted molar refractivity (Wildman–Crippen MR) is 63.9 cm³/mol. The summed E-state index contributed by atoms with van der Waals surface area (Å²) < 4.78 is 0. The van der Waals surface area contributed by atoms with Gasteiger partial charge in [-0.3, -0.25) is 0 Å². The largest absolute Gasteiger partial charge is 0.310 e. The second-order valence-corrected chi connectivity index (χ2v) is 5.66. The van der Waals surface area contributed by atoms with Crippen molar-refractivity contribution in [3.8, 4) is 0 Å². The van der Waals surface area contributed by atoms with Gasteiger partial charge >= 0.3 is 0 Å². The van der Waals surface area contributed by atoms with Crippen molar-refractivity contribution in [1.82, 2.24) is 5.32 Å². The molecule has 0 heterocycles. The second-order valence-electron chi connectivity index (χ2n) is 5.39. The lowest BCUT2D eigenvalue weighted by Gasteiger charge is -2.40. The second kappa shape index (κ2) is 5.37. The van der Waals surface area contributed by atoms with Crippen LogP contribution in [0.3, 0.4) is 0 Å². The van der Waals surface area contributed by atoms with Gasteiger partial charge in [-0.05, 0) is 31.2 Å². The molecule has 14 heavy (non-hydrogen) atoms. The summed E-state index contributed by atoms with van der Waals surface area (Å²) in [7, 11) is 0. The Hall–Kier alpha value is 0.250. The van der Waals surface area contributed by atoms with Gasteiger partial charge in [-0.2, -0.15) is 0 Å². The van der Waals surface area contributed by atoms with Crippen LogP contribution < -0.4 is 5.32 Å². The Balaban J connectivity index is 2.47. The summed E-state index contributed by atoms with van der Waals surface area (Å²) in [5.41, 5.74) is 0.240. The fourth-order valence-corrected chi connectivity index (χ4v) is 2.75. The lowest BCUT2D eigenvalue weighted by Crippen LogP contribution is -2.51. The Kier molecular flexibility index (Phi) is 4.72. The van der Waals surface area contributed by atoms with Crippen LogP contribution in [0.25, 0.3) is 0 Å². The maximum Gasteiger partial charge on any atom is 0.0406 e. The van der Waals surface area contributed by atoms with Gasteiger partial charge in [0.1, 0.15) is 0 Å². The summed E-state index contributed by atoms with van der Waals surface area (Å²) in [6, 6.07) is 0. The van der Waals surface area contributed by atoms with Gasteiger partial charge < -0.3 is 5.32 Å². The zero-order valence-corrected chi connectivity index (χ0v) is 10.5. The normalized spacial score (nSPS) is 33.6. The van der Waals surface area contributed by atoms with E-state index < -0.39 is 0 Å². The average Bonchev–Trinajstić information content (AvgIpc) is 2.15. The van der Waals surface area contributed by atoms with E-state index in [-0.39, 0.29) is 5.54 Å². The van der Waals surface area contributed by atoms with Crippen molar-refractivity contribution >= 4 is 11.6 Å². The van der Waals surface area contributed by atoms with Gasteiger partial charge in [0.25, 0.3) is 0 Å². The maximum absolute atomic E-state index is 6.12. The van der Waals surface area contributed by atoms with Crippen LogP contribution in [0, 0.1) is 11.8 Å². The van der Waals surface area contributed by atoms with Crippen LogP contribution in [0.15, 0.2) is 0 Å². The van der Waals surface area contributed by atoms with Gasteiger partial charge in [0.15, 0.2) is 0 Å². The third kappa shape index (κ3) is 3.43. The molecule has 1 aliphatic carbocycles. The molecule has 1 fully saturated rings. The molecule has 0 radical (unpaired) electrons. The predicted octanol–water partition coefficient (Wildman–Crippen LogP) is 3.42. The molecular weight excluding hydrogens is 194 g/mol. The van der Waals surface area contributed by atoms with Crippen molar-refractivity contribution in [2.75, 3.05) is 12.4 Å². The van der Waals surface area contributed by atoms with Gasteiger partial charge in [-0.1, -0.05) is 33.6 Å². The Labute approximate surface area is 93.6 Å². The highest BCUT2D eigenvalue weighted by molar-refractivity contribution is 6.18. The van der Waals surface area contributed by atoms with Gasteiger partial charge in [-0.15, -0.1) is 11.6 Å². The minimum absolute atomic E-state index is 0.240. The molecule has 0 aliphatic heterocycles. The van der Waals surface area contributed by atoms with E-state index in [9.17, 15) is 0 Å². The van der Waals surface area contributed by atoms with E-state index in [2.05, 4.69) is 26.1 Å². The SMILES string of the molecule is CC(C)CNC1(CCl)CCCC(C)C1. The van der Waals surface area contributed by atoms with E-state index in [0.29, 0.717) is 5.92 Å². The Bertz CT molecular complexity index is 170. The molecule has 1 saturated carbocycles. The van der Waals surface area contributed by atoms with Crippen molar-refractivity contribution in [2.45, 2.75) is 52.0 Å². The van der Waals surface area contributed by atoms with Crippen molar-refractivity contribution in [2.24, 2.45) is 11.8 Å². The first kappa shape index (κ1) is 12.3. The van der Waals surface area contributed by atoms with E-state index in [1.54, 1.807) is 0 Å². The molecule has 2 heteroatoms. The molecule has 1 nitrogen and oxygen atoms in total. The summed E-state index contributed by atoms with van der Waals surface area (Å²) in [4.78, 5) is 0. The summed E-state index contributed by atoms with van der Waals surface area (Å²) >= 11 is 6.12. The van der Waals surface area contributed by atoms with Crippen LogP contribution in [-0.4, -0.2) is 18.0 Å². The minimum Gasteiger partial charge on any atom is -0.310 e. The number of rotatable bonds is 4. The fraction of sp³-hybridized carbons (Fsp3) is 1.00. The summed E-state index contributed by atoms with van der Waals surface area (Å²) in [5.74, 6) is 2.32. The molecular formula is C12H24ClN. The standard InChI is InChI=1S/C12H24ClN/c1-10(2)8-14-12(9-13)6-4-5-11(3)7-12/h10-11,14H,4-9H2,1-3H3. The number of nitrogens with one attached hydrogen (secondary N) is 1. The average molecular weight is 218 g/mol. The lowest BCUT2D eigenvalue weighted by atomic mass is 9.77. The molecule has 0 aromatic heterocycles. The smallest absolute Gasteiger partial charge is 0.0406 e. The monoisotopic (exact) mass is 217 g/mol. The zero-order chi connectivity index (χ0) is 10.6. The molecule has 1 N–H and O–H groups in total. The highest BCUT2D eigenvalue weighted by Gasteiger charge is 2.33. The molecule has 0 aromatic carbocycles. The lowest BCUT2D eigenvalue weighted by molar-refractivity contribution is 0.203. The van der Waals surface area contributed by atoms with Crippen molar-refractivity contribution < 1.29 is 0 Å². The number of halogens is 1. The van der Waals surface area contributed by atoms with Gasteiger partial charge in [0.05, 0.1) is 0 Å².